The number of hydrogen-bond donors (Lipinski definition) is 2. The number of nitrogens with zero attached hydrogens (tertiary/aromatic N) is 4. The minimum atomic E-state index is -1.34. The van der Waals surface area contributed by atoms with Crippen molar-refractivity contribution in [2.75, 3.05) is 13.6 Å². The molecule has 3 heterocycles. The molecule has 2 amide bonds. The number of amides is 2. The van der Waals surface area contributed by atoms with E-state index in [2.05, 4.69) is 21.9 Å². The molecule has 2 aliphatic rings. The Morgan fingerprint density at radius 2 is 2.14 bits per heavy atom. The van der Waals surface area contributed by atoms with Crippen LogP contribution in [0.15, 0.2) is 18.3 Å². The SMILES string of the molecule is CN1CC[C@@](O)(C#Cc2cc(-n3nc(C(N)=O)c4c3CCCC4)ccn2)CC1=O. The van der Waals surface area contributed by atoms with Crippen molar-refractivity contribution in [2.45, 2.75) is 44.1 Å². The van der Waals surface area contributed by atoms with Gasteiger partial charge in [0, 0.05) is 37.5 Å². The summed E-state index contributed by atoms with van der Waals surface area (Å²) in [4.78, 5) is 29.5. The third-order valence-corrected chi connectivity index (χ3v) is 5.56. The van der Waals surface area contributed by atoms with Crippen molar-refractivity contribution < 1.29 is 14.7 Å². The van der Waals surface area contributed by atoms with Crippen LogP contribution < -0.4 is 5.73 Å². The molecule has 8 nitrogen and oxygen atoms in total. The monoisotopic (exact) mass is 393 g/mol. The third-order valence-electron chi connectivity index (χ3n) is 5.56. The lowest BCUT2D eigenvalue weighted by Crippen LogP contribution is -2.45. The molecule has 3 N–H and O–H groups in total. The number of nitrogens with two attached hydrogens (primary N) is 1. The number of piperidine rings is 1. The maximum Gasteiger partial charge on any atom is 0.269 e. The number of likely N-dealkylation sites (tertiary alicyclic amines) is 1. The van der Waals surface area contributed by atoms with Crippen LogP contribution in [0.2, 0.25) is 0 Å². The van der Waals surface area contributed by atoms with Gasteiger partial charge in [-0.2, -0.15) is 5.10 Å². The van der Waals surface area contributed by atoms with Crippen molar-refractivity contribution in [1.29, 1.82) is 0 Å². The number of aromatic nitrogens is 3. The largest absolute Gasteiger partial charge is 0.377 e. The van der Waals surface area contributed by atoms with E-state index >= 15 is 0 Å². The van der Waals surface area contributed by atoms with Gasteiger partial charge >= 0.3 is 0 Å². The van der Waals surface area contributed by atoms with Crippen LogP contribution in [0.1, 0.15) is 53.1 Å². The standard InChI is InChI=1S/C21H23N5O3/c1-25-11-9-21(29,13-18(25)27)8-6-14-12-15(7-10-23-14)26-17-5-3-2-4-16(17)19(24-26)20(22)28/h7,10,12,29H,2-5,9,11,13H2,1H3,(H2,22,28)/t21-/m0/s1. The summed E-state index contributed by atoms with van der Waals surface area (Å²) in [5, 5.41) is 15.1. The highest BCUT2D eigenvalue weighted by molar-refractivity contribution is 5.92. The molecule has 2 aromatic rings. The second-order valence-corrected chi connectivity index (χ2v) is 7.68. The van der Waals surface area contributed by atoms with Gasteiger partial charge in [-0.25, -0.2) is 9.67 Å². The van der Waals surface area contributed by atoms with Gasteiger partial charge in [-0.3, -0.25) is 9.59 Å². The van der Waals surface area contributed by atoms with Crippen molar-refractivity contribution in [3.63, 3.8) is 0 Å². The Hall–Kier alpha value is -3.18. The van der Waals surface area contributed by atoms with Gasteiger partial charge in [0.25, 0.3) is 5.91 Å². The van der Waals surface area contributed by atoms with Crippen molar-refractivity contribution in [3.05, 3.63) is 41.0 Å². The number of primary amides is 1. The molecule has 1 aliphatic carbocycles. The molecule has 1 aliphatic heterocycles. The fourth-order valence-corrected chi connectivity index (χ4v) is 3.87. The van der Waals surface area contributed by atoms with E-state index in [0.29, 0.717) is 24.4 Å². The van der Waals surface area contributed by atoms with Crippen LogP contribution in [-0.4, -0.2) is 55.8 Å². The zero-order chi connectivity index (χ0) is 20.6. The summed E-state index contributed by atoms with van der Waals surface area (Å²) >= 11 is 0. The zero-order valence-corrected chi connectivity index (χ0v) is 16.3. The van der Waals surface area contributed by atoms with E-state index in [9.17, 15) is 14.7 Å². The molecule has 0 aromatic carbocycles. The van der Waals surface area contributed by atoms with Gasteiger partial charge < -0.3 is 15.7 Å². The van der Waals surface area contributed by atoms with Crippen LogP contribution in [-0.2, 0) is 17.6 Å². The molecular weight excluding hydrogens is 370 g/mol. The molecule has 4 rings (SSSR count). The predicted octanol–water partition coefficient (Wildman–Crippen LogP) is 0.580. The minimum Gasteiger partial charge on any atom is -0.377 e. The first kappa shape index (κ1) is 19.2. The Bertz CT molecular complexity index is 1050. The number of hydrogen-bond acceptors (Lipinski definition) is 5. The summed E-state index contributed by atoms with van der Waals surface area (Å²) < 4.78 is 1.75. The maximum atomic E-state index is 11.9. The average molecular weight is 393 g/mol. The highest BCUT2D eigenvalue weighted by Gasteiger charge is 2.34. The first-order valence-electron chi connectivity index (χ1n) is 9.73. The fourth-order valence-electron chi connectivity index (χ4n) is 3.87. The molecule has 0 spiro atoms. The Kier molecular flexibility index (Phi) is 4.84. The summed E-state index contributed by atoms with van der Waals surface area (Å²) in [7, 11) is 1.71. The number of pyridine rings is 1. The molecule has 0 unspecified atom stereocenters. The fraction of sp³-hybridized carbons (Fsp3) is 0.429. The summed E-state index contributed by atoms with van der Waals surface area (Å²) in [6, 6.07) is 3.56. The smallest absolute Gasteiger partial charge is 0.269 e. The quantitative estimate of drug-likeness (QED) is 0.725. The molecule has 1 saturated heterocycles. The first-order chi connectivity index (χ1) is 13.9. The molecule has 29 heavy (non-hydrogen) atoms. The number of aliphatic hydroxyl groups is 1. The minimum absolute atomic E-state index is 0.0230. The van der Waals surface area contributed by atoms with Crippen molar-refractivity contribution >= 4 is 11.8 Å². The van der Waals surface area contributed by atoms with E-state index in [1.54, 1.807) is 35.0 Å². The Morgan fingerprint density at radius 1 is 1.34 bits per heavy atom. The predicted molar refractivity (Wildman–Crippen MR) is 105 cm³/mol. The van der Waals surface area contributed by atoms with E-state index in [0.717, 1.165) is 42.6 Å². The molecule has 1 fully saturated rings. The molecule has 0 bridgehead atoms. The normalized spacial score (nSPS) is 21.3. The second-order valence-electron chi connectivity index (χ2n) is 7.68. The number of fused-ring (bicyclic) bond motifs is 1. The van der Waals surface area contributed by atoms with Gasteiger partial charge in [0.15, 0.2) is 5.69 Å². The summed E-state index contributed by atoms with van der Waals surface area (Å²) in [5.41, 5.74) is 7.61. The van der Waals surface area contributed by atoms with Crippen LogP contribution in [0.25, 0.3) is 5.69 Å². The zero-order valence-electron chi connectivity index (χ0n) is 16.3. The molecule has 2 aromatic heterocycles. The Morgan fingerprint density at radius 3 is 2.90 bits per heavy atom. The molecule has 1 atom stereocenters. The van der Waals surface area contributed by atoms with Crippen LogP contribution in [0, 0.1) is 11.8 Å². The van der Waals surface area contributed by atoms with Gasteiger partial charge in [0.1, 0.15) is 11.3 Å². The maximum absolute atomic E-state index is 11.9. The first-order valence-corrected chi connectivity index (χ1v) is 9.73. The van der Waals surface area contributed by atoms with Crippen LogP contribution >= 0.6 is 0 Å². The third kappa shape index (κ3) is 3.74. The van der Waals surface area contributed by atoms with Crippen LogP contribution in [0.3, 0.4) is 0 Å². The lowest BCUT2D eigenvalue weighted by Gasteiger charge is -2.32. The van der Waals surface area contributed by atoms with E-state index < -0.39 is 11.5 Å². The summed E-state index contributed by atoms with van der Waals surface area (Å²) in [6.07, 6.45) is 5.66. The van der Waals surface area contributed by atoms with Gasteiger partial charge in [0.05, 0.1) is 12.1 Å². The van der Waals surface area contributed by atoms with Crippen molar-refractivity contribution in [2.24, 2.45) is 5.73 Å². The average Bonchev–Trinajstić information content (AvgIpc) is 3.10. The van der Waals surface area contributed by atoms with E-state index in [-0.39, 0.29) is 12.3 Å². The Balaban J connectivity index is 1.66. The topological polar surface area (TPSA) is 114 Å². The van der Waals surface area contributed by atoms with Crippen LogP contribution in [0.5, 0.6) is 0 Å². The molecule has 0 radical (unpaired) electrons. The van der Waals surface area contributed by atoms with Gasteiger partial charge in [-0.1, -0.05) is 5.92 Å². The van der Waals surface area contributed by atoms with Gasteiger partial charge in [-0.15, -0.1) is 0 Å². The Labute approximate surface area is 168 Å². The summed E-state index contributed by atoms with van der Waals surface area (Å²) in [5.74, 6) is 5.07. The van der Waals surface area contributed by atoms with Gasteiger partial charge in [0.2, 0.25) is 5.91 Å². The van der Waals surface area contributed by atoms with E-state index in [4.69, 9.17) is 5.73 Å². The molecule has 8 heteroatoms. The number of carbonyl (C=O) groups is 2. The van der Waals surface area contributed by atoms with Gasteiger partial charge in [-0.05, 0) is 43.7 Å². The lowest BCUT2D eigenvalue weighted by atomic mass is 9.91. The molecule has 150 valence electrons. The molecule has 0 saturated carbocycles. The van der Waals surface area contributed by atoms with E-state index in [1.165, 1.54) is 0 Å². The van der Waals surface area contributed by atoms with Crippen LogP contribution in [0.4, 0.5) is 0 Å². The summed E-state index contributed by atoms with van der Waals surface area (Å²) in [6.45, 7) is 0.465. The highest BCUT2D eigenvalue weighted by atomic mass is 16.3. The van der Waals surface area contributed by atoms with Crippen molar-refractivity contribution in [3.8, 4) is 17.5 Å². The highest BCUT2D eigenvalue weighted by Crippen LogP contribution is 2.27. The van der Waals surface area contributed by atoms with Crippen molar-refractivity contribution in [1.82, 2.24) is 19.7 Å². The second kappa shape index (κ2) is 7.33. The van der Waals surface area contributed by atoms with E-state index in [1.807, 2.05) is 0 Å². The lowest BCUT2D eigenvalue weighted by molar-refractivity contribution is -0.138. The number of rotatable bonds is 2. The molecular formula is C21H23N5O3. The number of carbonyl (C=O) groups excluding carboxylic acids is 2.